The van der Waals surface area contributed by atoms with Crippen molar-refractivity contribution in [3.05, 3.63) is 35.9 Å². The van der Waals surface area contributed by atoms with Crippen LogP contribution in [-0.2, 0) is 0 Å². The molecule has 1 aliphatic carbocycles. The minimum Gasteiger partial charge on any atom is -0.303 e. The molecule has 90 valence electrons. The summed E-state index contributed by atoms with van der Waals surface area (Å²) in [7, 11) is 0. The number of carbonyl (C=O) groups excluding carboxylic acids is 1. The summed E-state index contributed by atoms with van der Waals surface area (Å²) < 4.78 is 1.99. The Morgan fingerprint density at radius 3 is 3.00 bits per heavy atom. The molecule has 0 spiro atoms. The lowest BCUT2D eigenvalue weighted by Gasteiger charge is -2.23. The van der Waals surface area contributed by atoms with Gasteiger partial charge in [0, 0.05) is 12.1 Å². The van der Waals surface area contributed by atoms with Crippen LogP contribution in [0.2, 0.25) is 0 Å². The van der Waals surface area contributed by atoms with E-state index in [1.807, 2.05) is 34.9 Å². The molecule has 0 unspecified atom stereocenters. The average molecular weight is 239 g/mol. The minimum absolute atomic E-state index is 0.105. The van der Waals surface area contributed by atoms with Crippen molar-refractivity contribution in [3.8, 4) is 6.07 Å². The molecular weight excluding hydrogens is 226 g/mol. The molecule has 0 N–H and O–H groups in total. The fourth-order valence-electron chi connectivity index (χ4n) is 2.38. The highest BCUT2D eigenvalue weighted by atomic mass is 16.1. The van der Waals surface area contributed by atoms with Gasteiger partial charge in [0.15, 0.2) is 5.78 Å². The molecule has 4 nitrogen and oxygen atoms in total. The lowest BCUT2D eigenvalue weighted by Crippen LogP contribution is -2.12. The molecule has 0 bridgehead atoms. The number of nitriles is 1. The number of Topliss-reactive ketones (excluding diaryl/α,β-unsaturated/α-hetero) is 1. The maximum absolute atomic E-state index is 11.9. The van der Waals surface area contributed by atoms with E-state index in [0.717, 1.165) is 24.2 Å². The van der Waals surface area contributed by atoms with Crippen LogP contribution in [0, 0.1) is 11.3 Å². The Bertz CT molecular complexity index is 647. The van der Waals surface area contributed by atoms with Gasteiger partial charge in [-0.2, -0.15) is 5.26 Å². The summed E-state index contributed by atoms with van der Waals surface area (Å²) in [5.41, 5.74) is 1.26. The minimum atomic E-state index is -0.188. The number of imidazole rings is 1. The van der Waals surface area contributed by atoms with Crippen LogP contribution in [0.1, 0.15) is 47.9 Å². The zero-order valence-electron chi connectivity index (χ0n) is 9.97. The normalized spacial score (nSPS) is 15.3. The first-order chi connectivity index (χ1) is 8.81. The number of hydrogen-bond donors (Lipinski definition) is 0. The van der Waals surface area contributed by atoms with Crippen LogP contribution in [-0.4, -0.2) is 15.2 Å². The third-order valence-corrected chi connectivity index (χ3v) is 3.55. The molecular formula is C14H13N3O. The zero-order chi connectivity index (χ0) is 12.5. The molecule has 3 rings (SSSR count). The molecule has 18 heavy (non-hydrogen) atoms. The quantitative estimate of drug-likeness (QED) is 0.774. The summed E-state index contributed by atoms with van der Waals surface area (Å²) in [4.78, 5) is 16.4. The highest BCUT2D eigenvalue weighted by molar-refractivity contribution is 6.01. The van der Waals surface area contributed by atoms with Crippen LogP contribution in [0.15, 0.2) is 24.4 Å². The molecule has 0 aromatic carbocycles. The number of hydrogen-bond acceptors (Lipinski definition) is 3. The highest BCUT2D eigenvalue weighted by Crippen LogP contribution is 2.36. The Morgan fingerprint density at radius 1 is 1.50 bits per heavy atom. The van der Waals surface area contributed by atoms with Crippen LogP contribution in [0.5, 0.6) is 0 Å². The van der Waals surface area contributed by atoms with E-state index >= 15 is 0 Å². The van der Waals surface area contributed by atoms with E-state index in [-0.39, 0.29) is 12.2 Å². The largest absolute Gasteiger partial charge is 0.303 e. The SMILES string of the molecule is N#CCC(=O)c1nc(C2CCC2)n2ccccc12. The van der Waals surface area contributed by atoms with E-state index in [1.165, 1.54) is 6.42 Å². The standard InChI is InChI=1S/C14H13N3O/c15-8-7-12(18)13-11-6-1-2-9-17(11)14(16-13)10-4-3-5-10/h1-2,6,9-10H,3-5,7H2. The van der Waals surface area contributed by atoms with Crippen molar-refractivity contribution in [2.24, 2.45) is 0 Å². The molecule has 0 atom stereocenters. The fraction of sp³-hybridized carbons (Fsp3) is 0.357. The summed E-state index contributed by atoms with van der Waals surface area (Å²) in [6.07, 6.45) is 5.35. The first-order valence-electron chi connectivity index (χ1n) is 6.18. The van der Waals surface area contributed by atoms with Gasteiger partial charge in [-0.05, 0) is 25.0 Å². The fourth-order valence-corrected chi connectivity index (χ4v) is 2.38. The van der Waals surface area contributed by atoms with Crippen molar-refractivity contribution in [1.29, 1.82) is 5.26 Å². The molecule has 2 heterocycles. The van der Waals surface area contributed by atoms with Gasteiger partial charge in [-0.1, -0.05) is 12.5 Å². The molecule has 1 fully saturated rings. The number of rotatable bonds is 3. The second kappa shape index (κ2) is 4.26. The molecule has 0 aliphatic heterocycles. The third kappa shape index (κ3) is 1.60. The van der Waals surface area contributed by atoms with Crippen LogP contribution >= 0.6 is 0 Å². The summed E-state index contributed by atoms with van der Waals surface area (Å²) in [5.74, 6) is 1.24. The molecule has 2 aromatic rings. The number of aromatic nitrogens is 2. The lowest BCUT2D eigenvalue weighted by molar-refractivity contribution is 0.0995. The van der Waals surface area contributed by atoms with E-state index < -0.39 is 0 Å². The Hall–Kier alpha value is -2.15. The van der Waals surface area contributed by atoms with Crippen LogP contribution in [0.25, 0.3) is 5.52 Å². The predicted molar refractivity (Wildman–Crippen MR) is 66.3 cm³/mol. The van der Waals surface area contributed by atoms with Crippen molar-refractivity contribution >= 4 is 11.3 Å². The zero-order valence-corrected chi connectivity index (χ0v) is 9.97. The van der Waals surface area contributed by atoms with E-state index in [4.69, 9.17) is 5.26 Å². The van der Waals surface area contributed by atoms with Crippen molar-refractivity contribution in [1.82, 2.24) is 9.38 Å². The number of carbonyl (C=O) groups is 1. The van der Waals surface area contributed by atoms with E-state index in [1.54, 1.807) is 0 Å². The summed E-state index contributed by atoms with van der Waals surface area (Å²) in [6, 6.07) is 7.62. The number of ketones is 1. The molecule has 0 radical (unpaired) electrons. The monoisotopic (exact) mass is 239 g/mol. The average Bonchev–Trinajstić information content (AvgIpc) is 2.68. The molecule has 2 aromatic heterocycles. The molecule has 1 saturated carbocycles. The Balaban J connectivity index is 2.14. The van der Waals surface area contributed by atoms with Crippen LogP contribution < -0.4 is 0 Å². The number of pyridine rings is 1. The second-order valence-corrected chi connectivity index (χ2v) is 4.66. The van der Waals surface area contributed by atoms with Crippen molar-refractivity contribution in [2.45, 2.75) is 31.6 Å². The first kappa shape index (κ1) is 11.0. The number of nitrogens with zero attached hydrogens (tertiary/aromatic N) is 3. The van der Waals surface area contributed by atoms with Crippen molar-refractivity contribution in [2.75, 3.05) is 0 Å². The lowest BCUT2D eigenvalue weighted by atomic mass is 9.85. The van der Waals surface area contributed by atoms with E-state index in [9.17, 15) is 4.79 Å². The highest BCUT2D eigenvalue weighted by Gasteiger charge is 2.26. The van der Waals surface area contributed by atoms with Crippen molar-refractivity contribution in [3.63, 3.8) is 0 Å². The maximum Gasteiger partial charge on any atom is 0.197 e. The van der Waals surface area contributed by atoms with Gasteiger partial charge in [-0.25, -0.2) is 4.98 Å². The van der Waals surface area contributed by atoms with Gasteiger partial charge < -0.3 is 4.40 Å². The summed E-state index contributed by atoms with van der Waals surface area (Å²) in [5, 5.41) is 8.64. The van der Waals surface area contributed by atoms with Gasteiger partial charge in [0.25, 0.3) is 0 Å². The Morgan fingerprint density at radius 2 is 2.33 bits per heavy atom. The molecule has 4 heteroatoms. The second-order valence-electron chi connectivity index (χ2n) is 4.66. The Labute approximate surface area is 105 Å². The van der Waals surface area contributed by atoms with Gasteiger partial charge in [0.05, 0.1) is 11.6 Å². The van der Waals surface area contributed by atoms with Gasteiger partial charge in [-0.3, -0.25) is 4.79 Å². The number of fused-ring (bicyclic) bond motifs is 1. The van der Waals surface area contributed by atoms with Crippen molar-refractivity contribution < 1.29 is 4.79 Å². The molecule has 0 amide bonds. The first-order valence-corrected chi connectivity index (χ1v) is 6.18. The summed E-state index contributed by atoms with van der Waals surface area (Å²) in [6.45, 7) is 0. The van der Waals surface area contributed by atoms with Crippen LogP contribution in [0.4, 0.5) is 0 Å². The summed E-state index contributed by atoms with van der Waals surface area (Å²) >= 11 is 0. The molecule has 0 saturated heterocycles. The molecule has 1 aliphatic rings. The van der Waals surface area contributed by atoms with E-state index in [0.29, 0.717) is 11.6 Å². The smallest absolute Gasteiger partial charge is 0.197 e. The van der Waals surface area contributed by atoms with Gasteiger partial charge in [0.1, 0.15) is 17.9 Å². The topological polar surface area (TPSA) is 58.2 Å². The van der Waals surface area contributed by atoms with Crippen LogP contribution in [0.3, 0.4) is 0 Å². The Kier molecular flexibility index (Phi) is 2.60. The maximum atomic E-state index is 11.9. The van der Waals surface area contributed by atoms with E-state index in [2.05, 4.69) is 4.98 Å². The van der Waals surface area contributed by atoms with Gasteiger partial charge in [0.2, 0.25) is 0 Å². The third-order valence-electron chi connectivity index (χ3n) is 3.55. The predicted octanol–water partition coefficient (Wildman–Crippen LogP) is 2.70. The van der Waals surface area contributed by atoms with Gasteiger partial charge in [-0.15, -0.1) is 0 Å². The van der Waals surface area contributed by atoms with Gasteiger partial charge >= 0.3 is 0 Å².